The first-order valence-corrected chi connectivity index (χ1v) is 8.08. The third-order valence-corrected chi connectivity index (χ3v) is 6.64. The highest BCUT2D eigenvalue weighted by atomic mass is 32.2. The summed E-state index contributed by atoms with van der Waals surface area (Å²) in [4.78, 5) is 0.834. The number of hydrogen-bond donors (Lipinski definition) is 1. The van der Waals surface area contributed by atoms with Gasteiger partial charge in [0, 0.05) is 12.6 Å². The van der Waals surface area contributed by atoms with Gasteiger partial charge < -0.3 is 10.5 Å². The lowest BCUT2D eigenvalue weighted by Gasteiger charge is -2.31. The zero-order valence-corrected chi connectivity index (χ0v) is 12.3. The predicted octanol–water partition coefficient (Wildman–Crippen LogP) is 0.792. The molecule has 1 fully saturated rings. The molecule has 0 aromatic carbocycles. The van der Waals surface area contributed by atoms with E-state index in [4.69, 9.17) is 22.7 Å². The van der Waals surface area contributed by atoms with Gasteiger partial charge in [0.05, 0.1) is 18.1 Å². The maximum Gasteiger partial charge on any atom is 0.252 e. The number of thiocarbonyl (C=S) groups is 1. The smallest absolute Gasteiger partial charge is 0.252 e. The minimum atomic E-state index is -3.47. The van der Waals surface area contributed by atoms with E-state index < -0.39 is 10.0 Å². The van der Waals surface area contributed by atoms with Crippen LogP contribution in [0.2, 0.25) is 0 Å². The van der Waals surface area contributed by atoms with Crippen molar-refractivity contribution in [3.8, 4) is 0 Å². The molecule has 1 atom stereocenters. The molecule has 1 unspecified atom stereocenters. The fourth-order valence-electron chi connectivity index (χ4n) is 1.78. The molecule has 18 heavy (non-hydrogen) atoms. The average Bonchev–Trinajstić information content (AvgIpc) is 2.79. The van der Waals surface area contributed by atoms with Gasteiger partial charge >= 0.3 is 0 Å². The highest BCUT2D eigenvalue weighted by Crippen LogP contribution is 2.27. The highest BCUT2D eigenvalue weighted by Gasteiger charge is 2.32. The Bertz CT molecular complexity index is 552. The van der Waals surface area contributed by atoms with Crippen LogP contribution in [-0.4, -0.2) is 43.5 Å². The summed E-state index contributed by atoms with van der Waals surface area (Å²) < 4.78 is 31.8. The van der Waals surface area contributed by atoms with Gasteiger partial charge in [-0.25, -0.2) is 8.42 Å². The van der Waals surface area contributed by atoms with Crippen LogP contribution >= 0.6 is 23.6 Å². The van der Waals surface area contributed by atoms with Gasteiger partial charge in [0.2, 0.25) is 0 Å². The van der Waals surface area contributed by atoms with E-state index in [0.29, 0.717) is 24.6 Å². The molecule has 100 valence electrons. The quantitative estimate of drug-likeness (QED) is 0.836. The van der Waals surface area contributed by atoms with Crippen LogP contribution in [0.25, 0.3) is 0 Å². The third kappa shape index (κ3) is 2.57. The van der Waals surface area contributed by atoms with E-state index in [1.54, 1.807) is 12.1 Å². The van der Waals surface area contributed by atoms with Crippen LogP contribution in [-0.2, 0) is 14.8 Å². The largest absolute Gasteiger partial charge is 0.389 e. The summed E-state index contributed by atoms with van der Waals surface area (Å²) in [6, 6.07) is 3.04. The second kappa shape index (κ2) is 5.22. The molecule has 2 N–H and O–H groups in total. The standard InChI is InChI=1S/C10H14N2O3S3/c1-7-6-15-5-4-12(7)18(13,14)9-3-2-8(17-9)10(11)16/h2-3,7H,4-6H2,1H3,(H2,11,16). The van der Waals surface area contributed by atoms with Crippen molar-refractivity contribution >= 4 is 38.6 Å². The third-order valence-electron chi connectivity index (χ3n) is 2.69. The van der Waals surface area contributed by atoms with Gasteiger partial charge in [-0.3, -0.25) is 0 Å². The highest BCUT2D eigenvalue weighted by molar-refractivity contribution is 7.91. The van der Waals surface area contributed by atoms with Gasteiger partial charge in [-0.1, -0.05) is 12.2 Å². The average molecular weight is 306 g/mol. The molecule has 8 heteroatoms. The summed E-state index contributed by atoms with van der Waals surface area (Å²) in [6.07, 6.45) is 0. The van der Waals surface area contributed by atoms with Crippen molar-refractivity contribution in [3.63, 3.8) is 0 Å². The summed E-state index contributed by atoms with van der Waals surface area (Å²) in [5.74, 6) is 0. The van der Waals surface area contributed by atoms with E-state index in [-0.39, 0.29) is 15.2 Å². The van der Waals surface area contributed by atoms with Crippen LogP contribution < -0.4 is 5.73 Å². The molecular formula is C10H14N2O3S3. The molecule has 0 spiro atoms. The Labute approximate surface area is 116 Å². The number of hydrogen-bond acceptors (Lipinski definition) is 5. The number of morpholine rings is 1. The van der Waals surface area contributed by atoms with E-state index >= 15 is 0 Å². The van der Waals surface area contributed by atoms with Crippen LogP contribution in [0.3, 0.4) is 0 Å². The van der Waals surface area contributed by atoms with Crippen molar-refractivity contribution in [2.45, 2.75) is 17.2 Å². The van der Waals surface area contributed by atoms with Crippen LogP contribution in [0.5, 0.6) is 0 Å². The minimum Gasteiger partial charge on any atom is -0.389 e. The Hall–Kier alpha value is -0.540. The topological polar surface area (TPSA) is 72.6 Å². The number of rotatable bonds is 3. The Morgan fingerprint density at radius 2 is 2.33 bits per heavy atom. The van der Waals surface area contributed by atoms with Crippen LogP contribution in [0, 0.1) is 0 Å². The second-order valence-electron chi connectivity index (χ2n) is 4.02. The first-order valence-electron chi connectivity index (χ1n) is 5.42. The molecule has 1 aromatic rings. The first kappa shape index (κ1) is 13.9. The lowest BCUT2D eigenvalue weighted by atomic mass is 10.3. The summed E-state index contributed by atoms with van der Waals surface area (Å²) in [5, 5.41) is 0. The number of sulfonamides is 1. The Balaban J connectivity index is 2.31. The number of thiophene rings is 1. The molecule has 0 aliphatic carbocycles. The van der Waals surface area contributed by atoms with Gasteiger partial charge in [-0.15, -0.1) is 11.3 Å². The zero-order chi connectivity index (χ0) is 13.3. The van der Waals surface area contributed by atoms with E-state index in [0.717, 1.165) is 11.3 Å². The molecule has 0 bridgehead atoms. The lowest BCUT2D eigenvalue weighted by Crippen LogP contribution is -2.46. The first-order chi connectivity index (χ1) is 8.43. The van der Waals surface area contributed by atoms with Gasteiger partial charge in [-0.05, 0) is 19.1 Å². The molecule has 2 rings (SSSR count). The molecule has 1 aromatic heterocycles. The van der Waals surface area contributed by atoms with Gasteiger partial charge in [0.1, 0.15) is 9.20 Å². The zero-order valence-electron chi connectivity index (χ0n) is 9.83. The molecule has 0 saturated carbocycles. The van der Waals surface area contributed by atoms with Gasteiger partial charge in [0.15, 0.2) is 0 Å². The van der Waals surface area contributed by atoms with Crippen LogP contribution in [0.4, 0.5) is 0 Å². The van der Waals surface area contributed by atoms with E-state index in [9.17, 15) is 8.42 Å². The number of nitrogens with zero attached hydrogens (tertiary/aromatic N) is 1. The van der Waals surface area contributed by atoms with Crippen LogP contribution in [0.1, 0.15) is 11.8 Å². The Morgan fingerprint density at radius 3 is 2.89 bits per heavy atom. The van der Waals surface area contributed by atoms with E-state index in [1.165, 1.54) is 4.31 Å². The van der Waals surface area contributed by atoms with Gasteiger partial charge in [-0.2, -0.15) is 4.31 Å². The lowest BCUT2D eigenvalue weighted by molar-refractivity contribution is 0.0393. The molecule has 0 radical (unpaired) electrons. The van der Waals surface area contributed by atoms with Crippen molar-refractivity contribution in [3.05, 3.63) is 17.0 Å². The van der Waals surface area contributed by atoms with E-state index in [2.05, 4.69) is 0 Å². The maximum atomic E-state index is 12.4. The molecule has 1 aliphatic rings. The minimum absolute atomic E-state index is 0.154. The van der Waals surface area contributed by atoms with Crippen molar-refractivity contribution < 1.29 is 13.2 Å². The number of ether oxygens (including phenoxy) is 1. The maximum absolute atomic E-state index is 12.4. The molecular weight excluding hydrogens is 292 g/mol. The monoisotopic (exact) mass is 306 g/mol. The van der Waals surface area contributed by atoms with Crippen molar-refractivity contribution in [1.29, 1.82) is 0 Å². The van der Waals surface area contributed by atoms with Crippen molar-refractivity contribution in [1.82, 2.24) is 4.31 Å². The van der Waals surface area contributed by atoms with E-state index in [1.807, 2.05) is 6.92 Å². The summed E-state index contributed by atoms with van der Waals surface area (Å²) in [5.41, 5.74) is 5.49. The Kier molecular flexibility index (Phi) is 4.02. The molecule has 0 amide bonds. The molecule has 2 heterocycles. The summed E-state index contributed by atoms with van der Waals surface area (Å²) in [7, 11) is -3.47. The van der Waals surface area contributed by atoms with Gasteiger partial charge in [0.25, 0.3) is 10.0 Å². The second-order valence-corrected chi connectivity index (χ2v) is 7.66. The summed E-state index contributed by atoms with van der Waals surface area (Å²) >= 11 is 5.94. The molecule has 5 nitrogen and oxygen atoms in total. The van der Waals surface area contributed by atoms with Crippen molar-refractivity contribution in [2.24, 2.45) is 5.73 Å². The summed E-state index contributed by atoms with van der Waals surface area (Å²) in [6.45, 7) is 3.06. The normalized spacial score (nSPS) is 21.9. The number of nitrogens with two attached hydrogens (primary N) is 1. The fraction of sp³-hybridized carbons (Fsp3) is 0.500. The predicted molar refractivity (Wildman–Crippen MR) is 74.4 cm³/mol. The van der Waals surface area contributed by atoms with Crippen LogP contribution in [0.15, 0.2) is 16.3 Å². The molecule has 1 aliphatic heterocycles. The fourth-order valence-corrected chi connectivity index (χ4v) is 4.86. The van der Waals surface area contributed by atoms with Crippen molar-refractivity contribution in [2.75, 3.05) is 19.8 Å². The Morgan fingerprint density at radius 1 is 1.61 bits per heavy atom. The molecule has 1 saturated heterocycles. The SMILES string of the molecule is CC1COCCN1S(=O)(=O)c1ccc(C(N)=S)s1.